The molecule has 0 atom stereocenters. The van der Waals surface area contributed by atoms with Gasteiger partial charge in [-0.3, -0.25) is 9.59 Å². The number of benzene rings is 1. The maximum atomic E-state index is 14.7. The summed E-state index contributed by atoms with van der Waals surface area (Å²) in [5, 5.41) is 8.62. The third-order valence-electron chi connectivity index (χ3n) is 7.63. The lowest BCUT2D eigenvalue weighted by atomic mass is 9.49. The van der Waals surface area contributed by atoms with Crippen LogP contribution in [0, 0.1) is 29.0 Å². The summed E-state index contributed by atoms with van der Waals surface area (Å²) >= 11 is 0. The highest BCUT2D eigenvalue weighted by molar-refractivity contribution is 5.94. The van der Waals surface area contributed by atoms with Crippen molar-refractivity contribution < 1.29 is 14.0 Å². The van der Waals surface area contributed by atoms with Crippen molar-refractivity contribution in [1.82, 2.24) is 10.6 Å². The summed E-state index contributed by atoms with van der Waals surface area (Å²) in [5.41, 5.74) is 1.97. The maximum Gasteiger partial charge on any atom is 0.243 e. The van der Waals surface area contributed by atoms with E-state index in [0.29, 0.717) is 24.9 Å². The number of amides is 2. The van der Waals surface area contributed by atoms with Crippen LogP contribution in [-0.2, 0) is 22.6 Å². The van der Waals surface area contributed by atoms with Crippen LogP contribution in [0.4, 0.5) is 10.1 Å². The number of halogens is 1. The SMILES string of the molecule is O=C(CC12CC3CC(CC(C3)C1)C2)NCC(=O)Nc1ccc2c(c1F)CCNC2. The molecular formula is C23H30FN3O2. The first-order valence-electron chi connectivity index (χ1n) is 11.1. The maximum absolute atomic E-state index is 14.7. The molecule has 1 aromatic rings. The molecule has 4 bridgehead atoms. The minimum atomic E-state index is -0.378. The number of fused-ring (bicyclic) bond motifs is 1. The topological polar surface area (TPSA) is 70.2 Å². The number of anilines is 1. The summed E-state index contributed by atoms with van der Waals surface area (Å²) < 4.78 is 14.7. The quantitative estimate of drug-likeness (QED) is 0.712. The van der Waals surface area contributed by atoms with Crippen LogP contribution in [0.3, 0.4) is 0 Å². The van der Waals surface area contributed by atoms with Gasteiger partial charge >= 0.3 is 0 Å². The average Bonchev–Trinajstić information content (AvgIpc) is 2.67. The Kier molecular flexibility index (Phi) is 4.85. The third kappa shape index (κ3) is 3.79. The molecule has 4 aliphatic carbocycles. The van der Waals surface area contributed by atoms with Gasteiger partial charge in [0.2, 0.25) is 11.8 Å². The minimum absolute atomic E-state index is 0.0425. The van der Waals surface area contributed by atoms with Crippen LogP contribution in [0.1, 0.15) is 56.1 Å². The number of carbonyl (C=O) groups is 2. The van der Waals surface area contributed by atoms with Gasteiger partial charge in [-0.2, -0.15) is 0 Å². The normalized spacial score (nSPS) is 32.0. The van der Waals surface area contributed by atoms with E-state index in [1.165, 1.54) is 38.5 Å². The van der Waals surface area contributed by atoms with E-state index in [0.717, 1.165) is 29.9 Å². The Labute approximate surface area is 171 Å². The Bertz CT molecular complexity index is 802. The summed E-state index contributed by atoms with van der Waals surface area (Å²) in [6.07, 6.45) is 8.73. The summed E-state index contributed by atoms with van der Waals surface area (Å²) in [7, 11) is 0. The molecule has 29 heavy (non-hydrogen) atoms. The Morgan fingerprint density at radius 2 is 1.76 bits per heavy atom. The zero-order chi connectivity index (χ0) is 20.0. The van der Waals surface area contributed by atoms with E-state index in [2.05, 4.69) is 16.0 Å². The van der Waals surface area contributed by atoms with Gasteiger partial charge in [0, 0.05) is 13.0 Å². The molecule has 6 heteroatoms. The van der Waals surface area contributed by atoms with Crippen LogP contribution in [0.5, 0.6) is 0 Å². The first kappa shape index (κ1) is 19.0. The van der Waals surface area contributed by atoms with E-state index in [-0.39, 0.29) is 35.3 Å². The molecule has 2 amide bonds. The van der Waals surface area contributed by atoms with Gasteiger partial charge in [0.15, 0.2) is 0 Å². The van der Waals surface area contributed by atoms with E-state index in [9.17, 15) is 14.0 Å². The number of carbonyl (C=O) groups excluding carboxylic acids is 2. The van der Waals surface area contributed by atoms with Crippen molar-refractivity contribution in [2.24, 2.45) is 23.2 Å². The highest BCUT2D eigenvalue weighted by Crippen LogP contribution is 2.61. The minimum Gasteiger partial charge on any atom is -0.347 e. The molecular weight excluding hydrogens is 369 g/mol. The Morgan fingerprint density at radius 1 is 1.07 bits per heavy atom. The van der Waals surface area contributed by atoms with Crippen molar-refractivity contribution in [1.29, 1.82) is 0 Å². The fourth-order valence-corrected chi connectivity index (χ4v) is 6.91. The highest BCUT2D eigenvalue weighted by Gasteiger charge is 2.51. The van der Waals surface area contributed by atoms with E-state index in [1.807, 2.05) is 6.07 Å². The zero-order valence-electron chi connectivity index (χ0n) is 16.9. The van der Waals surface area contributed by atoms with Gasteiger partial charge in [0.25, 0.3) is 0 Å². The zero-order valence-corrected chi connectivity index (χ0v) is 16.9. The van der Waals surface area contributed by atoms with Gasteiger partial charge in [-0.15, -0.1) is 0 Å². The van der Waals surface area contributed by atoms with Gasteiger partial charge in [-0.25, -0.2) is 4.39 Å². The monoisotopic (exact) mass is 399 g/mol. The van der Waals surface area contributed by atoms with Gasteiger partial charge in [-0.1, -0.05) is 6.07 Å². The third-order valence-corrected chi connectivity index (χ3v) is 7.63. The lowest BCUT2D eigenvalue weighted by Gasteiger charge is -2.56. The standard InChI is InChI=1S/C23H30FN3O2/c24-22-18-3-4-25-12-17(18)1-2-19(22)27-21(29)13-26-20(28)11-23-8-14-5-15(9-23)7-16(6-14)10-23/h1-2,14-16,25H,3-13H2,(H,26,28)(H,27,29). The van der Waals surface area contributed by atoms with Crippen LogP contribution in [0.15, 0.2) is 12.1 Å². The van der Waals surface area contributed by atoms with Gasteiger partial charge in [0.1, 0.15) is 5.82 Å². The number of hydrogen-bond acceptors (Lipinski definition) is 3. The number of nitrogens with one attached hydrogen (secondary N) is 3. The molecule has 5 aliphatic rings. The fourth-order valence-electron chi connectivity index (χ4n) is 6.91. The van der Waals surface area contributed by atoms with Crippen molar-refractivity contribution in [3.8, 4) is 0 Å². The molecule has 3 N–H and O–H groups in total. The molecule has 156 valence electrons. The molecule has 0 spiro atoms. The summed E-state index contributed by atoms with van der Waals surface area (Å²) in [4.78, 5) is 24.9. The lowest BCUT2D eigenvalue weighted by Crippen LogP contribution is -2.48. The van der Waals surface area contributed by atoms with Crippen molar-refractivity contribution in [3.05, 3.63) is 29.1 Å². The van der Waals surface area contributed by atoms with Crippen molar-refractivity contribution >= 4 is 17.5 Å². The predicted molar refractivity (Wildman–Crippen MR) is 109 cm³/mol. The van der Waals surface area contributed by atoms with Crippen LogP contribution < -0.4 is 16.0 Å². The molecule has 1 heterocycles. The largest absolute Gasteiger partial charge is 0.347 e. The van der Waals surface area contributed by atoms with Crippen molar-refractivity contribution in [2.75, 3.05) is 18.4 Å². The second kappa shape index (κ2) is 7.38. The summed E-state index contributed by atoms with van der Waals surface area (Å²) in [5.74, 6) is 1.64. The highest BCUT2D eigenvalue weighted by atomic mass is 19.1. The Morgan fingerprint density at radius 3 is 2.45 bits per heavy atom. The molecule has 0 radical (unpaired) electrons. The van der Waals surface area contributed by atoms with E-state index in [4.69, 9.17) is 0 Å². The molecule has 4 fully saturated rings. The first-order chi connectivity index (χ1) is 14.0. The van der Waals surface area contributed by atoms with Crippen molar-refractivity contribution in [3.63, 3.8) is 0 Å². The second-order valence-electron chi connectivity index (χ2n) is 9.91. The summed E-state index contributed by atoms with van der Waals surface area (Å²) in [6, 6.07) is 3.46. The van der Waals surface area contributed by atoms with E-state index < -0.39 is 0 Å². The van der Waals surface area contributed by atoms with Crippen LogP contribution in [0.2, 0.25) is 0 Å². The molecule has 4 saturated carbocycles. The van der Waals surface area contributed by atoms with Crippen LogP contribution in [0.25, 0.3) is 0 Å². The first-order valence-corrected chi connectivity index (χ1v) is 11.1. The average molecular weight is 400 g/mol. The molecule has 0 aromatic heterocycles. The Hall–Kier alpha value is -1.95. The van der Waals surface area contributed by atoms with Gasteiger partial charge in [0.05, 0.1) is 12.2 Å². The lowest BCUT2D eigenvalue weighted by molar-refractivity contribution is -0.131. The predicted octanol–water partition coefficient (Wildman–Crippen LogP) is 3.13. The van der Waals surface area contributed by atoms with Crippen LogP contribution in [-0.4, -0.2) is 24.9 Å². The fraction of sp³-hybridized carbons (Fsp3) is 0.652. The molecule has 0 saturated heterocycles. The van der Waals surface area contributed by atoms with E-state index >= 15 is 0 Å². The smallest absolute Gasteiger partial charge is 0.243 e. The van der Waals surface area contributed by atoms with Crippen molar-refractivity contribution in [2.45, 2.75) is 57.9 Å². The Balaban J connectivity index is 1.15. The molecule has 1 aliphatic heterocycles. The molecule has 5 nitrogen and oxygen atoms in total. The van der Waals surface area contributed by atoms with Gasteiger partial charge < -0.3 is 16.0 Å². The van der Waals surface area contributed by atoms with Gasteiger partial charge in [-0.05, 0) is 91.9 Å². The van der Waals surface area contributed by atoms with Crippen LogP contribution >= 0.6 is 0 Å². The van der Waals surface area contributed by atoms with E-state index in [1.54, 1.807) is 6.07 Å². The molecule has 0 unspecified atom stereocenters. The molecule has 6 rings (SSSR count). The number of hydrogen-bond donors (Lipinski definition) is 3. The summed E-state index contributed by atoms with van der Waals surface area (Å²) in [6.45, 7) is 1.28. The number of rotatable bonds is 5. The second-order valence-corrected chi connectivity index (χ2v) is 9.91. The molecule has 1 aromatic carbocycles.